The SMILES string of the molecule is Cc1cc(Br)ccc1NC1CC(N)C1. The van der Waals surface area contributed by atoms with Gasteiger partial charge >= 0.3 is 0 Å². The summed E-state index contributed by atoms with van der Waals surface area (Å²) in [6, 6.07) is 7.28. The topological polar surface area (TPSA) is 38.0 Å². The molecule has 0 aliphatic heterocycles. The van der Waals surface area contributed by atoms with Crippen molar-refractivity contribution in [2.45, 2.75) is 31.8 Å². The van der Waals surface area contributed by atoms with Crippen LogP contribution in [0.2, 0.25) is 0 Å². The highest BCUT2D eigenvalue weighted by atomic mass is 79.9. The molecule has 0 radical (unpaired) electrons. The molecule has 76 valence electrons. The second-order valence-electron chi connectivity index (χ2n) is 4.03. The molecule has 0 amide bonds. The van der Waals surface area contributed by atoms with Crippen LogP contribution < -0.4 is 11.1 Å². The van der Waals surface area contributed by atoms with E-state index >= 15 is 0 Å². The summed E-state index contributed by atoms with van der Waals surface area (Å²) in [5, 5.41) is 3.50. The first-order chi connectivity index (χ1) is 6.65. The molecule has 1 aliphatic rings. The fourth-order valence-corrected chi connectivity index (χ4v) is 2.26. The van der Waals surface area contributed by atoms with Crippen molar-refractivity contribution in [2.24, 2.45) is 5.73 Å². The number of nitrogens with one attached hydrogen (secondary N) is 1. The van der Waals surface area contributed by atoms with E-state index in [0.717, 1.165) is 17.3 Å². The predicted octanol–water partition coefficient (Wildman–Crippen LogP) is 2.66. The molecule has 0 bridgehead atoms. The number of benzene rings is 1. The highest BCUT2D eigenvalue weighted by molar-refractivity contribution is 9.10. The summed E-state index contributed by atoms with van der Waals surface area (Å²) in [4.78, 5) is 0. The van der Waals surface area contributed by atoms with Gasteiger partial charge in [-0.15, -0.1) is 0 Å². The number of anilines is 1. The molecule has 3 heteroatoms. The van der Waals surface area contributed by atoms with Crippen LogP contribution in [-0.4, -0.2) is 12.1 Å². The van der Waals surface area contributed by atoms with E-state index in [0.29, 0.717) is 12.1 Å². The van der Waals surface area contributed by atoms with E-state index in [4.69, 9.17) is 5.73 Å². The molecule has 1 aromatic carbocycles. The van der Waals surface area contributed by atoms with Crippen molar-refractivity contribution in [3.05, 3.63) is 28.2 Å². The minimum absolute atomic E-state index is 0.406. The number of aryl methyl sites for hydroxylation is 1. The van der Waals surface area contributed by atoms with E-state index in [1.807, 2.05) is 0 Å². The van der Waals surface area contributed by atoms with Gasteiger partial charge in [0.2, 0.25) is 0 Å². The van der Waals surface area contributed by atoms with Gasteiger partial charge in [0.25, 0.3) is 0 Å². The maximum Gasteiger partial charge on any atom is 0.0372 e. The van der Waals surface area contributed by atoms with Gasteiger partial charge in [0.15, 0.2) is 0 Å². The summed E-state index contributed by atoms with van der Waals surface area (Å²) in [5.41, 5.74) is 8.24. The van der Waals surface area contributed by atoms with Gasteiger partial charge in [-0.25, -0.2) is 0 Å². The zero-order chi connectivity index (χ0) is 10.1. The van der Waals surface area contributed by atoms with Gasteiger partial charge in [0.1, 0.15) is 0 Å². The summed E-state index contributed by atoms with van der Waals surface area (Å²) in [7, 11) is 0. The molecule has 0 atom stereocenters. The van der Waals surface area contributed by atoms with Crippen molar-refractivity contribution in [3.8, 4) is 0 Å². The molecule has 0 spiro atoms. The van der Waals surface area contributed by atoms with Crippen LogP contribution in [-0.2, 0) is 0 Å². The van der Waals surface area contributed by atoms with Crippen molar-refractivity contribution >= 4 is 21.6 Å². The summed E-state index contributed by atoms with van der Waals surface area (Å²) in [6.45, 7) is 2.12. The molecule has 2 nitrogen and oxygen atoms in total. The van der Waals surface area contributed by atoms with Gasteiger partial charge < -0.3 is 11.1 Å². The Balaban J connectivity index is 2.02. The quantitative estimate of drug-likeness (QED) is 0.852. The fraction of sp³-hybridized carbons (Fsp3) is 0.455. The third-order valence-electron chi connectivity index (χ3n) is 2.72. The smallest absolute Gasteiger partial charge is 0.0372 e. The van der Waals surface area contributed by atoms with Crippen molar-refractivity contribution < 1.29 is 0 Å². The lowest BCUT2D eigenvalue weighted by atomic mass is 9.87. The Morgan fingerprint density at radius 3 is 2.71 bits per heavy atom. The number of nitrogens with two attached hydrogens (primary N) is 1. The summed E-state index contributed by atoms with van der Waals surface area (Å²) < 4.78 is 1.13. The van der Waals surface area contributed by atoms with Gasteiger partial charge in [0, 0.05) is 22.2 Å². The van der Waals surface area contributed by atoms with Crippen LogP contribution in [0.3, 0.4) is 0 Å². The Labute approximate surface area is 93.0 Å². The standard InChI is InChI=1S/C11H15BrN2/c1-7-4-8(12)2-3-11(7)14-10-5-9(13)6-10/h2-4,9-10,14H,5-6,13H2,1H3. The van der Waals surface area contributed by atoms with E-state index in [-0.39, 0.29) is 0 Å². The van der Waals surface area contributed by atoms with Crippen molar-refractivity contribution in [1.82, 2.24) is 0 Å². The number of halogens is 1. The largest absolute Gasteiger partial charge is 0.382 e. The van der Waals surface area contributed by atoms with E-state index in [1.54, 1.807) is 0 Å². The molecule has 0 saturated heterocycles. The number of hydrogen-bond acceptors (Lipinski definition) is 2. The normalized spacial score (nSPS) is 25.6. The molecule has 0 unspecified atom stereocenters. The third kappa shape index (κ3) is 2.10. The molecular weight excluding hydrogens is 240 g/mol. The molecule has 0 heterocycles. The fourth-order valence-electron chi connectivity index (χ4n) is 1.79. The van der Waals surface area contributed by atoms with Gasteiger partial charge in [-0.05, 0) is 43.5 Å². The number of hydrogen-bond donors (Lipinski definition) is 2. The first kappa shape index (κ1) is 9.99. The van der Waals surface area contributed by atoms with E-state index in [9.17, 15) is 0 Å². The zero-order valence-corrected chi connectivity index (χ0v) is 9.84. The Bertz CT molecular complexity index is 332. The molecule has 2 rings (SSSR count). The molecule has 1 aromatic rings. The van der Waals surface area contributed by atoms with Crippen LogP contribution in [0.25, 0.3) is 0 Å². The second-order valence-corrected chi connectivity index (χ2v) is 4.95. The Morgan fingerprint density at radius 1 is 1.43 bits per heavy atom. The highest BCUT2D eigenvalue weighted by Gasteiger charge is 2.25. The highest BCUT2D eigenvalue weighted by Crippen LogP contribution is 2.26. The summed E-state index contributed by atoms with van der Waals surface area (Å²) in [6.07, 6.45) is 2.19. The Morgan fingerprint density at radius 2 is 2.14 bits per heavy atom. The van der Waals surface area contributed by atoms with E-state index in [1.165, 1.54) is 11.3 Å². The van der Waals surface area contributed by atoms with Crippen LogP contribution in [0.4, 0.5) is 5.69 Å². The van der Waals surface area contributed by atoms with Crippen molar-refractivity contribution in [3.63, 3.8) is 0 Å². The molecule has 1 aliphatic carbocycles. The van der Waals surface area contributed by atoms with Crippen LogP contribution in [0.1, 0.15) is 18.4 Å². The summed E-state index contributed by atoms with van der Waals surface area (Å²) >= 11 is 3.46. The van der Waals surface area contributed by atoms with Gasteiger partial charge in [-0.3, -0.25) is 0 Å². The van der Waals surface area contributed by atoms with E-state index < -0.39 is 0 Å². The Kier molecular flexibility index (Phi) is 2.79. The monoisotopic (exact) mass is 254 g/mol. The minimum atomic E-state index is 0.406. The van der Waals surface area contributed by atoms with Gasteiger partial charge in [-0.2, -0.15) is 0 Å². The van der Waals surface area contributed by atoms with Crippen LogP contribution in [0.5, 0.6) is 0 Å². The zero-order valence-electron chi connectivity index (χ0n) is 8.26. The van der Waals surface area contributed by atoms with Crippen LogP contribution >= 0.6 is 15.9 Å². The van der Waals surface area contributed by atoms with Gasteiger partial charge in [-0.1, -0.05) is 15.9 Å². The lowest BCUT2D eigenvalue weighted by molar-refractivity contribution is 0.373. The molecule has 3 N–H and O–H groups in total. The number of rotatable bonds is 2. The predicted molar refractivity (Wildman–Crippen MR) is 63.5 cm³/mol. The van der Waals surface area contributed by atoms with Crippen LogP contribution in [0, 0.1) is 6.92 Å². The maximum absolute atomic E-state index is 5.74. The average molecular weight is 255 g/mol. The lowest BCUT2D eigenvalue weighted by Crippen LogP contribution is -2.44. The third-order valence-corrected chi connectivity index (χ3v) is 3.22. The molecule has 1 fully saturated rings. The first-order valence-electron chi connectivity index (χ1n) is 4.93. The molecular formula is C11H15BrN2. The van der Waals surface area contributed by atoms with Crippen molar-refractivity contribution in [2.75, 3.05) is 5.32 Å². The Hall–Kier alpha value is -0.540. The second kappa shape index (κ2) is 3.91. The van der Waals surface area contributed by atoms with Crippen molar-refractivity contribution in [1.29, 1.82) is 0 Å². The minimum Gasteiger partial charge on any atom is -0.382 e. The maximum atomic E-state index is 5.74. The molecule has 0 aromatic heterocycles. The molecule has 1 saturated carbocycles. The average Bonchev–Trinajstić information content (AvgIpc) is 2.06. The first-order valence-corrected chi connectivity index (χ1v) is 5.73. The molecule has 14 heavy (non-hydrogen) atoms. The lowest BCUT2D eigenvalue weighted by Gasteiger charge is -2.34. The summed E-state index contributed by atoms with van der Waals surface area (Å²) in [5.74, 6) is 0. The van der Waals surface area contributed by atoms with Gasteiger partial charge in [0.05, 0.1) is 0 Å². The van der Waals surface area contributed by atoms with Crippen LogP contribution in [0.15, 0.2) is 22.7 Å². The van der Waals surface area contributed by atoms with E-state index in [2.05, 4.69) is 46.4 Å².